The third-order valence-electron chi connectivity index (χ3n) is 15.3. The predicted molar refractivity (Wildman–Crippen MR) is 339 cm³/mol. The number of ether oxygens (including phenoxy) is 3. The molecule has 1 unspecified atom stereocenters. The van der Waals surface area contributed by atoms with Gasteiger partial charge in [-0.15, -0.1) is 0 Å². The molecular formula is C72H130O6. The predicted octanol–water partition coefficient (Wildman–Crippen LogP) is 23.5. The van der Waals surface area contributed by atoms with Gasteiger partial charge in [-0.3, -0.25) is 14.4 Å². The van der Waals surface area contributed by atoms with Crippen LogP contribution in [-0.2, 0) is 28.6 Å². The summed E-state index contributed by atoms with van der Waals surface area (Å²) in [5.41, 5.74) is 0. The summed E-state index contributed by atoms with van der Waals surface area (Å²) in [4.78, 5) is 38.3. The lowest BCUT2D eigenvalue weighted by Crippen LogP contribution is -2.30. The largest absolute Gasteiger partial charge is 0.462 e. The molecule has 0 amide bonds. The highest BCUT2D eigenvalue weighted by molar-refractivity contribution is 5.71. The van der Waals surface area contributed by atoms with Crippen LogP contribution in [0.1, 0.15) is 361 Å². The Morgan fingerprint density at radius 2 is 0.500 bits per heavy atom. The van der Waals surface area contributed by atoms with Crippen LogP contribution in [-0.4, -0.2) is 37.2 Å². The number of hydrogen-bond donors (Lipinski definition) is 0. The highest BCUT2D eigenvalue weighted by Gasteiger charge is 2.19. The van der Waals surface area contributed by atoms with E-state index in [4.69, 9.17) is 14.2 Å². The average Bonchev–Trinajstić information content (AvgIpc) is 3.44. The topological polar surface area (TPSA) is 78.9 Å². The Labute approximate surface area is 485 Å². The van der Waals surface area contributed by atoms with Crippen molar-refractivity contribution in [3.8, 4) is 0 Å². The van der Waals surface area contributed by atoms with Crippen molar-refractivity contribution in [2.45, 2.75) is 367 Å². The molecule has 0 rings (SSSR count). The van der Waals surface area contributed by atoms with E-state index in [1.54, 1.807) is 0 Å². The molecule has 0 saturated heterocycles. The smallest absolute Gasteiger partial charge is 0.306 e. The van der Waals surface area contributed by atoms with Crippen LogP contribution in [0, 0.1) is 0 Å². The minimum Gasteiger partial charge on any atom is -0.462 e. The van der Waals surface area contributed by atoms with Crippen LogP contribution in [0.4, 0.5) is 0 Å². The second-order valence-corrected chi connectivity index (χ2v) is 23.1. The normalized spacial score (nSPS) is 12.4. The summed E-state index contributed by atoms with van der Waals surface area (Å²) in [6.45, 7) is 6.57. The van der Waals surface area contributed by atoms with E-state index in [0.717, 1.165) is 109 Å². The molecule has 0 heterocycles. The molecule has 1 atom stereocenters. The van der Waals surface area contributed by atoms with E-state index in [0.29, 0.717) is 19.3 Å². The Balaban J connectivity index is 4.24. The zero-order chi connectivity index (χ0) is 56.4. The van der Waals surface area contributed by atoms with Crippen molar-refractivity contribution in [1.82, 2.24) is 0 Å². The van der Waals surface area contributed by atoms with Gasteiger partial charge >= 0.3 is 17.9 Å². The second kappa shape index (κ2) is 66.6. The maximum atomic E-state index is 12.9. The summed E-state index contributed by atoms with van der Waals surface area (Å²) >= 11 is 0. The third kappa shape index (κ3) is 63.9. The summed E-state index contributed by atoms with van der Waals surface area (Å²) in [5.74, 6) is -0.875. The first-order valence-electron chi connectivity index (χ1n) is 34.3. The Morgan fingerprint density at radius 1 is 0.269 bits per heavy atom. The van der Waals surface area contributed by atoms with Crippen molar-refractivity contribution in [2.75, 3.05) is 13.2 Å². The number of allylic oxidation sites excluding steroid dienone is 10. The zero-order valence-electron chi connectivity index (χ0n) is 52.2. The quantitative estimate of drug-likeness (QED) is 0.0261. The number of hydrogen-bond acceptors (Lipinski definition) is 6. The number of unbranched alkanes of at least 4 members (excludes halogenated alkanes) is 42. The number of esters is 3. The maximum absolute atomic E-state index is 12.9. The van der Waals surface area contributed by atoms with Gasteiger partial charge in [-0.2, -0.15) is 0 Å². The summed E-state index contributed by atoms with van der Waals surface area (Å²) in [7, 11) is 0. The van der Waals surface area contributed by atoms with E-state index in [1.165, 1.54) is 212 Å². The van der Waals surface area contributed by atoms with Gasteiger partial charge in [0.2, 0.25) is 0 Å². The van der Waals surface area contributed by atoms with E-state index in [2.05, 4.69) is 81.5 Å². The fourth-order valence-electron chi connectivity index (χ4n) is 10.2. The molecule has 0 aromatic heterocycles. The van der Waals surface area contributed by atoms with Crippen molar-refractivity contribution in [3.05, 3.63) is 60.8 Å². The number of carbonyl (C=O) groups is 3. The fourth-order valence-corrected chi connectivity index (χ4v) is 10.2. The van der Waals surface area contributed by atoms with Gasteiger partial charge in [0, 0.05) is 19.3 Å². The molecule has 0 aliphatic heterocycles. The second-order valence-electron chi connectivity index (χ2n) is 23.1. The molecule has 454 valence electrons. The van der Waals surface area contributed by atoms with Crippen LogP contribution >= 0.6 is 0 Å². The fraction of sp³-hybridized carbons (Fsp3) is 0.819. The van der Waals surface area contributed by atoms with E-state index in [1.807, 2.05) is 0 Å². The van der Waals surface area contributed by atoms with Crippen LogP contribution in [0.15, 0.2) is 60.8 Å². The van der Waals surface area contributed by atoms with Crippen LogP contribution in [0.5, 0.6) is 0 Å². The van der Waals surface area contributed by atoms with Crippen molar-refractivity contribution < 1.29 is 28.6 Å². The molecule has 0 aromatic carbocycles. The molecule has 0 saturated carbocycles. The van der Waals surface area contributed by atoms with Gasteiger partial charge in [0.15, 0.2) is 6.10 Å². The number of rotatable bonds is 63. The molecule has 0 spiro atoms. The third-order valence-corrected chi connectivity index (χ3v) is 15.3. The minimum absolute atomic E-state index is 0.0776. The molecule has 0 aliphatic carbocycles. The molecule has 0 bridgehead atoms. The molecular weight excluding hydrogens is 961 g/mol. The molecule has 0 aromatic rings. The van der Waals surface area contributed by atoms with E-state index in [9.17, 15) is 14.4 Å². The van der Waals surface area contributed by atoms with Gasteiger partial charge in [0.1, 0.15) is 13.2 Å². The van der Waals surface area contributed by atoms with Gasteiger partial charge in [-0.05, 0) is 64.2 Å². The summed E-state index contributed by atoms with van der Waals surface area (Å²) in [6, 6.07) is 0. The summed E-state index contributed by atoms with van der Waals surface area (Å²) < 4.78 is 16.9. The van der Waals surface area contributed by atoms with Crippen LogP contribution < -0.4 is 0 Å². The van der Waals surface area contributed by atoms with Crippen molar-refractivity contribution in [1.29, 1.82) is 0 Å². The lowest BCUT2D eigenvalue weighted by atomic mass is 10.0. The van der Waals surface area contributed by atoms with Gasteiger partial charge in [-0.25, -0.2) is 0 Å². The van der Waals surface area contributed by atoms with E-state index >= 15 is 0 Å². The van der Waals surface area contributed by atoms with Gasteiger partial charge in [-0.1, -0.05) is 338 Å². The molecule has 6 heteroatoms. The molecule has 78 heavy (non-hydrogen) atoms. The van der Waals surface area contributed by atoms with Gasteiger partial charge < -0.3 is 14.2 Å². The van der Waals surface area contributed by atoms with Crippen LogP contribution in [0.3, 0.4) is 0 Å². The highest BCUT2D eigenvalue weighted by Crippen LogP contribution is 2.18. The summed E-state index contributed by atoms with van der Waals surface area (Å²) in [5, 5.41) is 0. The lowest BCUT2D eigenvalue weighted by Gasteiger charge is -2.18. The molecule has 0 N–H and O–H groups in total. The van der Waals surface area contributed by atoms with E-state index in [-0.39, 0.29) is 31.1 Å². The van der Waals surface area contributed by atoms with Crippen molar-refractivity contribution >= 4 is 17.9 Å². The number of carbonyl (C=O) groups excluding carboxylic acids is 3. The monoisotopic (exact) mass is 1090 g/mol. The molecule has 6 nitrogen and oxygen atoms in total. The van der Waals surface area contributed by atoms with Gasteiger partial charge in [0.25, 0.3) is 0 Å². The van der Waals surface area contributed by atoms with Crippen LogP contribution in [0.25, 0.3) is 0 Å². The zero-order valence-corrected chi connectivity index (χ0v) is 52.2. The molecule has 0 fully saturated rings. The lowest BCUT2D eigenvalue weighted by molar-refractivity contribution is -0.167. The maximum Gasteiger partial charge on any atom is 0.306 e. The Morgan fingerprint density at radius 3 is 0.782 bits per heavy atom. The average molecular weight is 1090 g/mol. The van der Waals surface area contributed by atoms with E-state index < -0.39 is 6.10 Å². The highest BCUT2D eigenvalue weighted by atomic mass is 16.6. The summed E-state index contributed by atoms with van der Waals surface area (Å²) in [6.07, 6.45) is 85.4. The first-order chi connectivity index (χ1) is 38.5. The molecule has 0 aliphatic rings. The Hall–Kier alpha value is -2.89. The first kappa shape index (κ1) is 75.1. The Kier molecular flexibility index (Phi) is 64.2. The van der Waals surface area contributed by atoms with Gasteiger partial charge in [0.05, 0.1) is 0 Å². The van der Waals surface area contributed by atoms with Crippen LogP contribution in [0.2, 0.25) is 0 Å². The SMILES string of the molecule is CC/C=C\C/C=C\C/C=C\C/C=C\C/C=C\CCCCCCCC(=O)OC(COC(=O)CCCCCCCCCCCCCC)COC(=O)CCCCCCCCCCCCCCCCCCCCCCCCCCCCC. The van der Waals surface area contributed by atoms with Crippen molar-refractivity contribution in [3.63, 3.8) is 0 Å². The first-order valence-corrected chi connectivity index (χ1v) is 34.3. The Bertz CT molecular complexity index is 1390. The van der Waals surface area contributed by atoms with Crippen molar-refractivity contribution in [2.24, 2.45) is 0 Å². The minimum atomic E-state index is -0.783. The molecule has 0 radical (unpaired) electrons. The standard InChI is InChI=1S/C72H130O6/c1-4-7-10-13-16-19-22-25-27-29-31-33-34-35-36-37-38-40-41-43-45-47-50-53-56-59-62-65-71(74)77-68-69(67-76-70(73)64-61-58-55-52-49-24-21-18-15-12-9-6-3)78-72(75)66-63-60-57-54-51-48-46-44-42-39-32-30-28-26-23-20-17-14-11-8-5-2/h8,11,17,20,26,28,32,39,44,46,69H,4-7,9-10,12-16,18-19,21-25,27,29-31,33-38,40-43,45,47-68H2,1-3H3/b11-8-,20-17-,28-26-,39-32-,46-44-.